The lowest BCUT2D eigenvalue weighted by atomic mass is 10.1. The van der Waals surface area contributed by atoms with Gasteiger partial charge in [-0.1, -0.05) is 5.16 Å². The van der Waals surface area contributed by atoms with Crippen molar-refractivity contribution in [3.8, 4) is 5.75 Å². The van der Waals surface area contributed by atoms with Gasteiger partial charge in [0.15, 0.2) is 5.84 Å². The molecule has 8 heteroatoms. The quantitative estimate of drug-likeness (QED) is 0.210. The Hall–Kier alpha value is -2.32. The highest BCUT2D eigenvalue weighted by Crippen LogP contribution is 2.25. The first-order valence-electron chi connectivity index (χ1n) is 6.14. The van der Waals surface area contributed by atoms with Gasteiger partial charge in [-0.3, -0.25) is 4.79 Å². The molecule has 0 spiro atoms. The lowest BCUT2D eigenvalue weighted by Gasteiger charge is -2.11. The zero-order valence-electron chi connectivity index (χ0n) is 12.0. The van der Waals surface area contributed by atoms with Crippen LogP contribution in [0.15, 0.2) is 23.4 Å². The maximum atomic E-state index is 11.7. The average Bonchev–Trinajstić information content (AvgIpc) is 2.51. The summed E-state index contributed by atoms with van der Waals surface area (Å²) in [4.78, 5) is 11.7. The van der Waals surface area contributed by atoms with E-state index in [1.165, 1.54) is 7.11 Å². The third kappa shape index (κ3) is 5.28. The normalized spacial score (nSPS) is 11.2. The van der Waals surface area contributed by atoms with Crippen LogP contribution >= 0.6 is 0 Å². The molecule has 4 N–H and O–H groups in total. The van der Waals surface area contributed by atoms with Crippen LogP contribution < -0.4 is 15.8 Å². The largest absolute Gasteiger partial charge is 0.495 e. The Morgan fingerprint density at radius 2 is 2.14 bits per heavy atom. The van der Waals surface area contributed by atoms with Crippen LogP contribution in [-0.4, -0.2) is 51.0 Å². The zero-order valence-corrected chi connectivity index (χ0v) is 12.0. The Morgan fingerprint density at radius 3 is 2.76 bits per heavy atom. The summed E-state index contributed by atoms with van der Waals surface area (Å²) in [6.45, 7) is 0.670. The summed E-state index contributed by atoms with van der Waals surface area (Å²) < 4.78 is 15.1. The minimum atomic E-state index is -0.319. The van der Waals surface area contributed by atoms with E-state index in [4.69, 9.17) is 25.2 Å². The van der Waals surface area contributed by atoms with Crippen molar-refractivity contribution < 1.29 is 24.2 Å². The van der Waals surface area contributed by atoms with Crippen molar-refractivity contribution in [3.63, 3.8) is 0 Å². The highest BCUT2D eigenvalue weighted by molar-refractivity contribution is 5.99. The number of nitrogens with one attached hydrogen (secondary N) is 1. The van der Waals surface area contributed by atoms with Gasteiger partial charge in [0.25, 0.3) is 0 Å². The van der Waals surface area contributed by atoms with E-state index in [1.54, 1.807) is 25.3 Å². The van der Waals surface area contributed by atoms with Crippen molar-refractivity contribution in [2.45, 2.75) is 0 Å². The standard InChI is InChI=1S/C13H19N3O5/c1-19-5-6-21-8-12(17)15-10-4-3-9(13(14)16-18)7-11(10)20-2/h3-4,7,18H,5-6,8H2,1-2H3,(H2,14,16)(H,15,17). The molecule has 0 fully saturated rings. The number of anilines is 1. The second-order valence-electron chi connectivity index (χ2n) is 3.99. The molecule has 116 valence electrons. The number of oxime groups is 1. The van der Waals surface area contributed by atoms with E-state index < -0.39 is 0 Å². The Bertz CT molecular complexity index is 505. The average molecular weight is 297 g/mol. The van der Waals surface area contributed by atoms with Crippen molar-refractivity contribution in [2.75, 3.05) is 39.4 Å². The Balaban J connectivity index is 2.68. The predicted molar refractivity (Wildman–Crippen MR) is 76.8 cm³/mol. The van der Waals surface area contributed by atoms with E-state index in [9.17, 15) is 4.79 Å². The van der Waals surface area contributed by atoms with Gasteiger partial charge in [0.05, 0.1) is 26.0 Å². The van der Waals surface area contributed by atoms with Gasteiger partial charge in [0.2, 0.25) is 5.91 Å². The topological polar surface area (TPSA) is 115 Å². The molecular formula is C13H19N3O5. The molecule has 0 aromatic heterocycles. The fourth-order valence-electron chi connectivity index (χ4n) is 1.50. The number of amides is 1. The van der Waals surface area contributed by atoms with Gasteiger partial charge in [0.1, 0.15) is 12.4 Å². The molecule has 1 aromatic rings. The molecule has 21 heavy (non-hydrogen) atoms. The molecule has 0 aliphatic rings. The molecule has 0 bridgehead atoms. The molecule has 0 aliphatic heterocycles. The van der Waals surface area contributed by atoms with Crippen LogP contribution in [0.2, 0.25) is 0 Å². The summed E-state index contributed by atoms with van der Waals surface area (Å²) in [7, 11) is 3.01. The van der Waals surface area contributed by atoms with Crippen LogP contribution in [0.25, 0.3) is 0 Å². The molecule has 0 atom stereocenters. The fraction of sp³-hybridized carbons (Fsp3) is 0.385. The summed E-state index contributed by atoms with van der Waals surface area (Å²) in [6.07, 6.45) is 0. The highest BCUT2D eigenvalue weighted by atomic mass is 16.5. The molecule has 0 radical (unpaired) electrons. The summed E-state index contributed by atoms with van der Waals surface area (Å²) in [5.74, 6) is 0.0272. The zero-order chi connectivity index (χ0) is 15.7. The van der Waals surface area contributed by atoms with Gasteiger partial charge < -0.3 is 30.5 Å². The van der Waals surface area contributed by atoms with Gasteiger partial charge in [0, 0.05) is 12.7 Å². The number of nitrogens with two attached hydrogens (primary N) is 1. The molecule has 0 saturated carbocycles. The van der Waals surface area contributed by atoms with Crippen molar-refractivity contribution in [2.24, 2.45) is 10.9 Å². The van der Waals surface area contributed by atoms with Crippen molar-refractivity contribution in [1.29, 1.82) is 0 Å². The SMILES string of the molecule is COCCOCC(=O)Nc1ccc(/C(N)=N/O)cc1OC. The number of hydrogen-bond acceptors (Lipinski definition) is 6. The maximum absolute atomic E-state index is 11.7. The fourth-order valence-corrected chi connectivity index (χ4v) is 1.50. The minimum absolute atomic E-state index is 0.0472. The lowest BCUT2D eigenvalue weighted by Crippen LogP contribution is -2.20. The molecule has 1 rings (SSSR count). The maximum Gasteiger partial charge on any atom is 0.250 e. The molecular weight excluding hydrogens is 278 g/mol. The van der Waals surface area contributed by atoms with Crippen LogP contribution in [-0.2, 0) is 14.3 Å². The van der Waals surface area contributed by atoms with E-state index in [0.29, 0.717) is 30.2 Å². The first kappa shape index (κ1) is 16.7. The number of carbonyl (C=O) groups is 1. The Labute approximate surface area is 122 Å². The Kier molecular flexibility index (Phi) is 6.99. The number of carbonyl (C=O) groups excluding carboxylic acids is 1. The van der Waals surface area contributed by atoms with E-state index in [2.05, 4.69) is 10.5 Å². The monoisotopic (exact) mass is 297 g/mol. The lowest BCUT2D eigenvalue weighted by molar-refractivity contribution is -0.121. The number of ether oxygens (including phenoxy) is 3. The van der Waals surface area contributed by atoms with E-state index in [0.717, 1.165) is 0 Å². The van der Waals surface area contributed by atoms with Crippen LogP contribution in [0.1, 0.15) is 5.56 Å². The molecule has 0 unspecified atom stereocenters. The third-order valence-electron chi connectivity index (χ3n) is 2.54. The van der Waals surface area contributed by atoms with E-state index in [-0.39, 0.29) is 18.3 Å². The van der Waals surface area contributed by atoms with Crippen LogP contribution in [0.5, 0.6) is 5.75 Å². The second kappa shape index (κ2) is 8.77. The number of nitrogens with zero attached hydrogens (tertiary/aromatic N) is 1. The molecule has 1 amide bonds. The Morgan fingerprint density at radius 1 is 1.38 bits per heavy atom. The van der Waals surface area contributed by atoms with Gasteiger partial charge in [-0.25, -0.2) is 0 Å². The number of amidine groups is 1. The number of methoxy groups -OCH3 is 2. The molecule has 0 heterocycles. The highest BCUT2D eigenvalue weighted by Gasteiger charge is 2.10. The van der Waals surface area contributed by atoms with Gasteiger partial charge >= 0.3 is 0 Å². The van der Waals surface area contributed by atoms with Gasteiger partial charge in [-0.15, -0.1) is 0 Å². The number of benzene rings is 1. The predicted octanol–water partition coefficient (Wildman–Crippen LogP) is 0.391. The summed E-state index contributed by atoms with van der Waals surface area (Å²) in [5, 5.41) is 14.2. The van der Waals surface area contributed by atoms with Crippen LogP contribution in [0.4, 0.5) is 5.69 Å². The first-order chi connectivity index (χ1) is 10.1. The van der Waals surface area contributed by atoms with E-state index >= 15 is 0 Å². The van der Waals surface area contributed by atoms with Crippen LogP contribution in [0, 0.1) is 0 Å². The minimum Gasteiger partial charge on any atom is -0.495 e. The smallest absolute Gasteiger partial charge is 0.250 e. The molecule has 0 aliphatic carbocycles. The van der Waals surface area contributed by atoms with Crippen molar-refractivity contribution >= 4 is 17.4 Å². The molecule has 8 nitrogen and oxygen atoms in total. The van der Waals surface area contributed by atoms with Crippen molar-refractivity contribution in [1.82, 2.24) is 0 Å². The number of rotatable bonds is 8. The summed E-state index contributed by atoms with van der Waals surface area (Å²) >= 11 is 0. The molecule has 0 saturated heterocycles. The molecule has 1 aromatic carbocycles. The van der Waals surface area contributed by atoms with E-state index in [1.807, 2.05) is 0 Å². The second-order valence-corrected chi connectivity index (χ2v) is 3.99. The third-order valence-corrected chi connectivity index (χ3v) is 2.54. The van der Waals surface area contributed by atoms with Gasteiger partial charge in [-0.05, 0) is 18.2 Å². The first-order valence-corrected chi connectivity index (χ1v) is 6.14. The van der Waals surface area contributed by atoms with Crippen molar-refractivity contribution in [3.05, 3.63) is 23.8 Å². The summed E-state index contributed by atoms with van der Waals surface area (Å²) in [5.41, 5.74) is 6.43. The summed E-state index contributed by atoms with van der Waals surface area (Å²) in [6, 6.07) is 4.74. The number of hydrogen-bond donors (Lipinski definition) is 3. The van der Waals surface area contributed by atoms with Crippen LogP contribution in [0.3, 0.4) is 0 Å². The van der Waals surface area contributed by atoms with Gasteiger partial charge in [-0.2, -0.15) is 0 Å².